The van der Waals surface area contributed by atoms with E-state index in [0.29, 0.717) is 5.82 Å². The van der Waals surface area contributed by atoms with Gasteiger partial charge in [-0.1, -0.05) is 20.8 Å². The molecular weight excluding hydrogens is 264 g/mol. The number of nitrogens with two attached hydrogens (primary N) is 1. The van der Waals surface area contributed by atoms with Gasteiger partial charge < -0.3 is 10.3 Å². The zero-order valence-corrected chi connectivity index (χ0v) is 13.1. The molecule has 0 spiro atoms. The summed E-state index contributed by atoms with van der Waals surface area (Å²) < 4.78 is 28.2. The van der Waals surface area contributed by atoms with Crippen LogP contribution in [-0.4, -0.2) is 30.6 Å². The number of aryl methyl sites for hydroxylation is 2. The van der Waals surface area contributed by atoms with Crippen molar-refractivity contribution in [2.45, 2.75) is 45.2 Å². The minimum absolute atomic E-state index is 0.0375. The summed E-state index contributed by atoms with van der Waals surface area (Å²) in [5, 5.41) is 0.0375. The SMILES string of the molecule is Cc1nc(S(=O)(=O)NCC(N)CC(C)(C)C)cn1C. The fraction of sp³-hybridized carbons (Fsp3) is 0.750. The lowest BCUT2D eigenvalue weighted by Crippen LogP contribution is -2.39. The van der Waals surface area contributed by atoms with Crippen LogP contribution in [0.3, 0.4) is 0 Å². The van der Waals surface area contributed by atoms with Gasteiger partial charge in [-0.2, -0.15) is 0 Å². The summed E-state index contributed by atoms with van der Waals surface area (Å²) in [6, 6.07) is -0.209. The van der Waals surface area contributed by atoms with E-state index in [1.165, 1.54) is 6.20 Å². The number of sulfonamides is 1. The third-order valence-corrected chi connectivity index (χ3v) is 4.07. The highest BCUT2D eigenvalue weighted by atomic mass is 32.2. The molecule has 1 unspecified atom stereocenters. The van der Waals surface area contributed by atoms with Crippen molar-refractivity contribution in [3.8, 4) is 0 Å². The molecule has 3 N–H and O–H groups in total. The van der Waals surface area contributed by atoms with Crippen LogP contribution < -0.4 is 10.5 Å². The predicted molar refractivity (Wildman–Crippen MR) is 75.2 cm³/mol. The van der Waals surface area contributed by atoms with E-state index in [1.54, 1.807) is 18.5 Å². The molecule has 0 amide bonds. The van der Waals surface area contributed by atoms with E-state index in [1.807, 2.05) is 0 Å². The summed E-state index contributed by atoms with van der Waals surface area (Å²) in [5.41, 5.74) is 6.00. The maximum absolute atomic E-state index is 12.0. The second-order valence-corrected chi connectivity index (χ2v) is 7.83. The van der Waals surface area contributed by atoms with Gasteiger partial charge in [0.15, 0.2) is 5.03 Å². The van der Waals surface area contributed by atoms with Crippen LogP contribution in [-0.2, 0) is 17.1 Å². The van der Waals surface area contributed by atoms with Crippen LogP contribution in [0.4, 0.5) is 0 Å². The summed E-state index contributed by atoms with van der Waals surface area (Å²) in [4.78, 5) is 4.01. The Bertz CT molecular complexity index is 509. The number of rotatable bonds is 5. The maximum Gasteiger partial charge on any atom is 0.259 e. The summed E-state index contributed by atoms with van der Waals surface area (Å²) in [6.45, 7) is 8.19. The number of nitrogens with zero attached hydrogens (tertiary/aromatic N) is 2. The lowest BCUT2D eigenvalue weighted by molar-refractivity contribution is 0.338. The van der Waals surface area contributed by atoms with Crippen LogP contribution in [0.1, 0.15) is 33.0 Å². The Morgan fingerprint density at radius 1 is 1.47 bits per heavy atom. The molecule has 0 saturated heterocycles. The van der Waals surface area contributed by atoms with Crippen molar-refractivity contribution in [3.05, 3.63) is 12.0 Å². The first-order valence-corrected chi connectivity index (χ1v) is 7.75. The Hall–Kier alpha value is -0.920. The molecule has 0 bridgehead atoms. The van der Waals surface area contributed by atoms with Crippen molar-refractivity contribution in [1.82, 2.24) is 14.3 Å². The van der Waals surface area contributed by atoms with Crippen LogP contribution >= 0.6 is 0 Å². The molecule has 1 atom stereocenters. The predicted octanol–water partition coefficient (Wildman–Crippen LogP) is 0.770. The zero-order chi connectivity index (χ0) is 14.8. The number of aromatic nitrogens is 2. The van der Waals surface area contributed by atoms with Gasteiger partial charge in [-0.25, -0.2) is 18.1 Å². The van der Waals surface area contributed by atoms with Gasteiger partial charge >= 0.3 is 0 Å². The molecule has 1 rings (SSSR count). The fourth-order valence-electron chi connectivity index (χ4n) is 1.81. The maximum atomic E-state index is 12.0. The van der Waals surface area contributed by atoms with Crippen molar-refractivity contribution >= 4 is 10.0 Å². The topological polar surface area (TPSA) is 90.0 Å². The van der Waals surface area contributed by atoms with Crippen LogP contribution in [0.2, 0.25) is 0 Å². The highest BCUT2D eigenvalue weighted by Crippen LogP contribution is 2.19. The summed E-state index contributed by atoms with van der Waals surface area (Å²) in [6.07, 6.45) is 2.24. The molecule has 110 valence electrons. The number of nitrogens with one attached hydrogen (secondary N) is 1. The van der Waals surface area contributed by atoms with Crippen LogP contribution in [0, 0.1) is 12.3 Å². The van der Waals surface area contributed by atoms with Crippen molar-refractivity contribution in [2.24, 2.45) is 18.2 Å². The average Bonchev–Trinajstić information content (AvgIpc) is 2.55. The molecule has 6 nitrogen and oxygen atoms in total. The van der Waals surface area contributed by atoms with E-state index >= 15 is 0 Å². The fourth-order valence-corrected chi connectivity index (χ4v) is 2.94. The lowest BCUT2D eigenvalue weighted by Gasteiger charge is -2.23. The molecule has 0 aromatic carbocycles. The summed E-state index contributed by atoms with van der Waals surface area (Å²) in [7, 11) is -1.82. The molecule has 1 heterocycles. The van der Waals surface area contributed by atoms with Crippen molar-refractivity contribution in [3.63, 3.8) is 0 Å². The first-order chi connectivity index (χ1) is 8.51. The monoisotopic (exact) mass is 288 g/mol. The van der Waals surface area contributed by atoms with Gasteiger partial charge in [0.25, 0.3) is 10.0 Å². The number of hydrogen-bond acceptors (Lipinski definition) is 4. The quantitative estimate of drug-likeness (QED) is 0.837. The molecule has 0 fully saturated rings. The second kappa shape index (κ2) is 5.60. The molecule has 7 heteroatoms. The normalized spacial score (nSPS) is 14.6. The average molecular weight is 288 g/mol. The van der Waals surface area contributed by atoms with E-state index in [4.69, 9.17) is 5.73 Å². The van der Waals surface area contributed by atoms with Crippen LogP contribution in [0.25, 0.3) is 0 Å². The molecule has 0 saturated carbocycles. The molecule has 1 aromatic heterocycles. The van der Waals surface area contributed by atoms with E-state index in [-0.39, 0.29) is 23.0 Å². The molecule has 1 aromatic rings. The van der Waals surface area contributed by atoms with Crippen LogP contribution in [0.5, 0.6) is 0 Å². The Kier molecular flexibility index (Phi) is 4.76. The van der Waals surface area contributed by atoms with E-state index in [0.717, 1.165) is 6.42 Å². The van der Waals surface area contributed by atoms with Crippen molar-refractivity contribution in [1.29, 1.82) is 0 Å². The summed E-state index contributed by atoms with van der Waals surface area (Å²) in [5.74, 6) is 0.652. The zero-order valence-electron chi connectivity index (χ0n) is 12.3. The second-order valence-electron chi connectivity index (χ2n) is 6.11. The third kappa shape index (κ3) is 4.93. The molecule has 0 aliphatic carbocycles. The van der Waals surface area contributed by atoms with E-state index in [2.05, 4.69) is 30.5 Å². The first-order valence-electron chi connectivity index (χ1n) is 6.26. The van der Waals surface area contributed by atoms with Crippen LogP contribution in [0.15, 0.2) is 11.2 Å². The van der Waals surface area contributed by atoms with Crippen molar-refractivity contribution in [2.75, 3.05) is 6.54 Å². The van der Waals surface area contributed by atoms with Gasteiger partial charge in [-0.3, -0.25) is 0 Å². The van der Waals surface area contributed by atoms with Gasteiger partial charge in [-0.15, -0.1) is 0 Å². The Labute approximate surface area is 115 Å². The third-order valence-electron chi connectivity index (χ3n) is 2.77. The van der Waals surface area contributed by atoms with Gasteiger partial charge in [-0.05, 0) is 18.8 Å². The van der Waals surface area contributed by atoms with Gasteiger partial charge in [0, 0.05) is 25.8 Å². The lowest BCUT2D eigenvalue weighted by atomic mass is 9.88. The van der Waals surface area contributed by atoms with Gasteiger partial charge in [0.2, 0.25) is 0 Å². The molecular formula is C12H24N4O2S. The molecule has 0 aliphatic heterocycles. The van der Waals surface area contributed by atoms with E-state index < -0.39 is 10.0 Å². The van der Waals surface area contributed by atoms with Gasteiger partial charge in [0.05, 0.1) is 0 Å². The van der Waals surface area contributed by atoms with E-state index in [9.17, 15) is 8.42 Å². The molecule has 0 aliphatic rings. The van der Waals surface area contributed by atoms with Crippen molar-refractivity contribution < 1.29 is 8.42 Å². The standard InChI is InChI=1S/C12H24N4O2S/c1-9-15-11(8-16(9)5)19(17,18)14-7-10(13)6-12(2,3)4/h8,10,14H,6-7,13H2,1-5H3. The van der Waals surface area contributed by atoms with Gasteiger partial charge in [0.1, 0.15) is 5.82 Å². The highest BCUT2D eigenvalue weighted by Gasteiger charge is 2.21. The smallest absolute Gasteiger partial charge is 0.259 e. The highest BCUT2D eigenvalue weighted by molar-refractivity contribution is 7.89. The Morgan fingerprint density at radius 2 is 2.05 bits per heavy atom. The first kappa shape index (κ1) is 16.1. The minimum Gasteiger partial charge on any atom is -0.337 e. The Balaban J connectivity index is 2.66. The molecule has 19 heavy (non-hydrogen) atoms. The number of hydrogen-bond donors (Lipinski definition) is 2. The Morgan fingerprint density at radius 3 is 2.47 bits per heavy atom. The minimum atomic E-state index is -3.57. The molecule has 0 radical (unpaired) electrons. The summed E-state index contributed by atoms with van der Waals surface area (Å²) >= 11 is 0. The largest absolute Gasteiger partial charge is 0.337 e. The number of imidazole rings is 1.